The molecule has 1 atom stereocenters. The molecule has 0 aliphatic heterocycles. The first-order chi connectivity index (χ1) is 11.7. The molecule has 2 aromatic carbocycles. The Balaban J connectivity index is 1.92. The lowest BCUT2D eigenvalue weighted by Gasteiger charge is -2.19. The predicted molar refractivity (Wildman–Crippen MR) is 99.7 cm³/mol. The summed E-state index contributed by atoms with van der Waals surface area (Å²) < 4.78 is 11.5. The van der Waals surface area contributed by atoms with Crippen LogP contribution in [0.4, 0.5) is 0 Å². The first-order valence-corrected chi connectivity index (χ1v) is 8.87. The van der Waals surface area contributed by atoms with E-state index in [-0.39, 0.29) is 6.10 Å². The number of ether oxygens (including phenoxy) is 2. The van der Waals surface area contributed by atoms with E-state index in [1.807, 2.05) is 42.5 Å². The number of hydrogen-bond donors (Lipinski definition) is 1. The number of benzene rings is 2. The van der Waals surface area contributed by atoms with Gasteiger partial charge in [-0.1, -0.05) is 43.7 Å². The van der Waals surface area contributed by atoms with Crippen molar-refractivity contribution in [3.05, 3.63) is 60.2 Å². The largest absolute Gasteiger partial charge is 0.457 e. The van der Waals surface area contributed by atoms with Crippen LogP contribution < -0.4 is 10.1 Å². The van der Waals surface area contributed by atoms with Gasteiger partial charge in [-0.3, -0.25) is 0 Å². The van der Waals surface area contributed by atoms with Gasteiger partial charge < -0.3 is 14.8 Å². The maximum Gasteiger partial charge on any atom is 0.127 e. The van der Waals surface area contributed by atoms with Crippen molar-refractivity contribution in [2.45, 2.75) is 45.8 Å². The summed E-state index contributed by atoms with van der Waals surface area (Å²) in [5, 5.41) is 3.60. The van der Waals surface area contributed by atoms with E-state index in [4.69, 9.17) is 9.47 Å². The lowest BCUT2D eigenvalue weighted by Crippen LogP contribution is -2.26. The van der Waals surface area contributed by atoms with Crippen molar-refractivity contribution in [2.75, 3.05) is 13.2 Å². The molecule has 0 radical (unpaired) electrons. The average Bonchev–Trinajstić information content (AvgIpc) is 2.59. The normalized spacial score (nSPS) is 12.3. The standard InChI is InChI=1S/C21H29NO2/c1-4-8-21(22-15-16-23-17(2)3)18-11-13-20(14-12-18)24-19-9-6-5-7-10-19/h5-7,9-14,17,21-22H,4,8,15-16H2,1-3H3. The summed E-state index contributed by atoms with van der Waals surface area (Å²) in [5.41, 5.74) is 1.29. The Morgan fingerprint density at radius 2 is 1.58 bits per heavy atom. The van der Waals surface area contributed by atoms with Gasteiger partial charge >= 0.3 is 0 Å². The Morgan fingerprint density at radius 1 is 0.917 bits per heavy atom. The molecule has 0 saturated carbocycles. The molecule has 0 aromatic heterocycles. The molecule has 2 rings (SSSR count). The molecular weight excluding hydrogens is 298 g/mol. The molecule has 1 unspecified atom stereocenters. The quantitative estimate of drug-likeness (QED) is 0.598. The third-order valence-corrected chi connectivity index (χ3v) is 3.78. The Bertz CT molecular complexity index is 566. The summed E-state index contributed by atoms with van der Waals surface area (Å²) in [6.45, 7) is 7.95. The van der Waals surface area contributed by atoms with Crippen molar-refractivity contribution >= 4 is 0 Å². The summed E-state index contributed by atoms with van der Waals surface area (Å²) in [7, 11) is 0. The lowest BCUT2D eigenvalue weighted by molar-refractivity contribution is 0.0791. The van der Waals surface area contributed by atoms with Gasteiger partial charge in [0.05, 0.1) is 12.7 Å². The summed E-state index contributed by atoms with van der Waals surface area (Å²) in [4.78, 5) is 0. The first kappa shape index (κ1) is 18.5. The molecule has 130 valence electrons. The Labute approximate surface area is 146 Å². The zero-order valence-electron chi connectivity index (χ0n) is 15.0. The average molecular weight is 327 g/mol. The second-order valence-electron chi connectivity index (χ2n) is 6.20. The van der Waals surface area contributed by atoms with Gasteiger partial charge in [-0.2, -0.15) is 0 Å². The molecule has 0 spiro atoms. The van der Waals surface area contributed by atoms with Crippen LogP contribution in [0, 0.1) is 0 Å². The molecular formula is C21H29NO2. The monoisotopic (exact) mass is 327 g/mol. The molecule has 3 nitrogen and oxygen atoms in total. The maximum absolute atomic E-state index is 5.86. The third kappa shape index (κ3) is 6.34. The van der Waals surface area contributed by atoms with Gasteiger partial charge in [0.15, 0.2) is 0 Å². The minimum absolute atomic E-state index is 0.283. The van der Waals surface area contributed by atoms with E-state index >= 15 is 0 Å². The highest BCUT2D eigenvalue weighted by atomic mass is 16.5. The smallest absolute Gasteiger partial charge is 0.127 e. The van der Waals surface area contributed by atoms with Crippen molar-refractivity contribution in [1.29, 1.82) is 0 Å². The van der Waals surface area contributed by atoms with Gasteiger partial charge in [0, 0.05) is 12.6 Å². The van der Waals surface area contributed by atoms with Crippen LogP contribution >= 0.6 is 0 Å². The Kier molecular flexibility index (Phi) is 7.80. The molecule has 0 amide bonds. The minimum Gasteiger partial charge on any atom is -0.457 e. The minimum atomic E-state index is 0.283. The molecule has 1 N–H and O–H groups in total. The Morgan fingerprint density at radius 3 is 2.21 bits per heavy atom. The van der Waals surface area contributed by atoms with E-state index in [1.165, 1.54) is 5.56 Å². The number of rotatable bonds is 10. The molecule has 0 saturated heterocycles. The van der Waals surface area contributed by atoms with Crippen molar-refractivity contribution in [1.82, 2.24) is 5.32 Å². The molecule has 2 aromatic rings. The van der Waals surface area contributed by atoms with E-state index in [0.29, 0.717) is 6.04 Å². The Hall–Kier alpha value is -1.84. The summed E-state index contributed by atoms with van der Waals surface area (Å²) in [6.07, 6.45) is 2.54. The van der Waals surface area contributed by atoms with E-state index < -0.39 is 0 Å². The van der Waals surface area contributed by atoms with E-state index in [0.717, 1.165) is 37.5 Å². The van der Waals surface area contributed by atoms with E-state index in [1.54, 1.807) is 0 Å². The molecule has 0 bridgehead atoms. The molecule has 0 aliphatic carbocycles. The maximum atomic E-state index is 5.86. The van der Waals surface area contributed by atoms with Crippen LogP contribution in [-0.4, -0.2) is 19.3 Å². The van der Waals surface area contributed by atoms with Crippen LogP contribution in [0.25, 0.3) is 0 Å². The SMILES string of the molecule is CCCC(NCCOC(C)C)c1ccc(Oc2ccccc2)cc1. The topological polar surface area (TPSA) is 30.5 Å². The van der Waals surface area contributed by atoms with Crippen molar-refractivity contribution in [3.8, 4) is 11.5 Å². The van der Waals surface area contributed by atoms with Gasteiger partial charge in [0.2, 0.25) is 0 Å². The van der Waals surface area contributed by atoms with E-state index in [2.05, 4.69) is 38.2 Å². The van der Waals surface area contributed by atoms with Gasteiger partial charge in [-0.05, 0) is 50.1 Å². The first-order valence-electron chi connectivity index (χ1n) is 8.87. The van der Waals surface area contributed by atoms with Crippen LogP contribution in [0.3, 0.4) is 0 Å². The second kappa shape index (κ2) is 10.1. The fraction of sp³-hybridized carbons (Fsp3) is 0.429. The summed E-state index contributed by atoms with van der Waals surface area (Å²) >= 11 is 0. The highest BCUT2D eigenvalue weighted by Gasteiger charge is 2.10. The number of hydrogen-bond acceptors (Lipinski definition) is 3. The highest BCUT2D eigenvalue weighted by Crippen LogP contribution is 2.25. The van der Waals surface area contributed by atoms with E-state index in [9.17, 15) is 0 Å². The fourth-order valence-corrected chi connectivity index (χ4v) is 2.60. The van der Waals surface area contributed by atoms with Crippen LogP contribution in [0.1, 0.15) is 45.2 Å². The van der Waals surface area contributed by atoms with Crippen molar-refractivity contribution < 1.29 is 9.47 Å². The molecule has 0 aliphatic rings. The van der Waals surface area contributed by atoms with Crippen LogP contribution in [-0.2, 0) is 4.74 Å². The summed E-state index contributed by atoms with van der Waals surface area (Å²) in [6, 6.07) is 18.6. The van der Waals surface area contributed by atoms with Crippen molar-refractivity contribution in [2.24, 2.45) is 0 Å². The van der Waals surface area contributed by atoms with Crippen LogP contribution in [0.2, 0.25) is 0 Å². The zero-order chi connectivity index (χ0) is 17.2. The second-order valence-corrected chi connectivity index (χ2v) is 6.20. The van der Waals surface area contributed by atoms with Gasteiger partial charge in [-0.15, -0.1) is 0 Å². The zero-order valence-corrected chi connectivity index (χ0v) is 15.0. The third-order valence-electron chi connectivity index (χ3n) is 3.78. The highest BCUT2D eigenvalue weighted by molar-refractivity contribution is 5.33. The molecule has 24 heavy (non-hydrogen) atoms. The van der Waals surface area contributed by atoms with Crippen LogP contribution in [0.15, 0.2) is 54.6 Å². The summed E-state index contributed by atoms with van der Waals surface area (Å²) in [5.74, 6) is 1.72. The molecule has 3 heteroatoms. The lowest BCUT2D eigenvalue weighted by atomic mass is 10.0. The van der Waals surface area contributed by atoms with Crippen LogP contribution in [0.5, 0.6) is 11.5 Å². The predicted octanol–water partition coefficient (Wildman–Crippen LogP) is 5.33. The number of nitrogens with one attached hydrogen (secondary N) is 1. The van der Waals surface area contributed by atoms with Crippen molar-refractivity contribution in [3.63, 3.8) is 0 Å². The van der Waals surface area contributed by atoms with Gasteiger partial charge in [0.25, 0.3) is 0 Å². The fourth-order valence-electron chi connectivity index (χ4n) is 2.60. The number of para-hydroxylation sites is 1. The molecule has 0 heterocycles. The molecule has 0 fully saturated rings. The van der Waals surface area contributed by atoms with Gasteiger partial charge in [0.1, 0.15) is 11.5 Å². The van der Waals surface area contributed by atoms with Gasteiger partial charge in [-0.25, -0.2) is 0 Å².